The predicted octanol–water partition coefficient (Wildman–Crippen LogP) is 2.40. The van der Waals surface area contributed by atoms with Gasteiger partial charge in [-0.3, -0.25) is 9.59 Å². The van der Waals surface area contributed by atoms with Crippen molar-refractivity contribution < 1.29 is 18.7 Å². The van der Waals surface area contributed by atoms with Gasteiger partial charge >= 0.3 is 0 Å². The molecule has 1 aliphatic rings. The first-order valence-corrected chi connectivity index (χ1v) is 8.36. The second-order valence-electron chi connectivity index (χ2n) is 6.46. The van der Waals surface area contributed by atoms with E-state index in [1.807, 2.05) is 12.1 Å². The molecule has 6 nitrogen and oxygen atoms in total. The van der Waals surface area contributed by atoms with E-state index in [1.165, 1.54) is 10.5 Å². The molecule has 0 spiro atoms. The molecule has 1 fully saturated rings. The molecule has 2 heterocycles. The summed E-state index contributed by atoms with van der Waals surface area (Å²) in [6, 6.07) is 11.5. The second kappa shape index (κ2) is 7.11. The molecule has 0 bridgehead atoms. The van der Waals surface area contributed by atoms with Crippen LogP contribution in [0.2, 0.25) is 0 Å². The maximum absolute atomic E-state index is 12.6. The molecule has 0 saturated carbocycles. The third-order valence-corrected chi connectivity index (χ3v) is 4.33. The average molecular weight is 342 g/mol. The van der Waals surface area contributed by atoms with Crippen LogP contribution in [0.4, 0.5) is 0 Å². The number of morpholine rings is 1. The van der Waals surface area contributed by atoms with Gasteiger partial charge in [0, 0.05) is 12.1 Å². The Morgan fingerprint density at radius 1 is 1.24 bits per heavy atom. The standard InChI is InChI=1S/C19H22N2O4/c1-12(2)13-4-3-5-14(10-13)15-6-7-16(25-15)19(23)21-8-9-24-17(11-21)18(20)22/h3-7,10,12,17H,8-9,11H2,1-2H3,(H2,20,22)/t17-/m0/s1. The van der Waals surface area contributed by atoms with Crippen LogP contribution in [0.15, 0.2) is 40.8 Å². The Labute approximate surface area is 146 Å². The molecule has 0 unspecified atom stereocenters. The van der Waals surface area contributed by atoms with Crippen LogP contribution in [0.3, 0.4) is 0 Å². The summed E-state index contributed by atoms with van der Waals surface area (Å²) < 4.78 is 11.0. The van der Waals surface area contributed by atoms with Gasteiger partial charge in [0.15, 0.2) is 11.9 Å². The zero-order valence-corrected chi connectivity index (χ0v) is 14.4. The third kappa shape index (κ3) is 3.74. The van der Waals surface area contributed by atoms with E-state index in [0.717, 1.165) is 5.56 Å². The van der Waals surface area contributed by atoms with E-state index in [1.54, 1.807) is 12.1 Å². The average Bonchev–Trinajstić information content (AvgIpc) is 3.11. The van der Waals surface area contributed by atoms with Crippen LogP contribution >= 0.6 is 0 Å². The highest BCUT2D eigenvalue weighted by Crippen LogP contribution is 2.26. The van der Waals surface area contributed by atoms with Gasteiger partial charge in [0.2, 0.25) is 5.91 Å². The van der Waals surface area contributed by atoms with Gasteiger partial charge in [-0.15, -0.1) is 0 Å². The highest BCUT2D eigenvalue weighted by molar-refractivity contribution is 5.92. The number of primary amides is 1. The first-order valence-electron chi connectivity index (χ1n) is 8.36. The van der Waals surface area contributed by atoms with Crippen molar-refractivity contribution in [2.75, 3.05) is 19.7 Å². The summed E-state index contributed by atoms with van der Waals surface area (Å²) in [4.78, 5) is 25.4. The maximum atomic E-state index is 12.6. The van der Waals surface area contributed by atoms with Crippen LogP contribution < -0.4 is 5.73 Å². The van der Waals surface area contributed by atoms with Crippen molar-refractivity contribution in [2.45, 2.75) is 25.9 Å². The van der Waals surface area contributed by atoms with E-state index < -0.39 is 12.0 Å². The van der Waals surface area contributed by atoms with Crippen molar-refractivity contribution in [1.29, 1.82) is 0 Å². The fourth-order valence-electron chi connectivity index (χ4n) is 2.82. The Hall–Kier alpha value is -2.60. The maximum Gasteiger partial charge on any atom is 0.289 e. The van der Waals surface area contributed by atoms with Gasteiger partial charge in [0.05, 0.1) is 13.2 Å². The molecule has 2 aromatic rings. The van der Waals surface area contributed by atoms with Crippen LogP contribution in [0, 0.1) is 0 Å². The van der Waals surface area contributed by atoms with Gasteiger partial charge in [0.25, 0.3) is 5.91 Å². The monoisotopic (exact) mass is 342 g/mol. The predicted molar refractivity (Wildman–Crippen MR) is 93.1 cm³/mol. The number of rotatable bonds is 4. The molecule has 132 valence electrons. The topological polar surface area (TPSA) is 85.8 Å². The van der Waals surface area contributed by atoms with E-state index in [-0.39, 0.29) is 24.8 Å². The van der Waals surface area contributed by atoms with Gasteiger partial charge in [-0.05, 0) is 29.7 Å². The Bertz CT molecular complexity index is 781. The molecule has 1 aromatic carbocycles. The zero-order chi connectivity index (χ0) is 18.0. The van der Waals surface area contributed by atoms with Crippen LogP contribution in [-0.2, 0) is 9.53 Å². The molecule has 25 heavy (non-hydrogen) atoms. The van der Waals surface area contributed by atoms with E-state index in [0.29, 0.717) is 18.2 Å². The Balaban J connectivity index is 1.78. The van der Waals surface area contributed by atoms with Crippen molar-refractivity contribution in [3.05, 3.63) is 47.7 Å². The van der Waals surface area contributed by atoms with Crippen molar-refractivity contribution >= 4 is 11.8 Å². The van der Waals surface area contributed by atoms with E-state index in [2.05, 4.69) is 26.0 Å². The SMILES string of the molecule is CC(C)c1cccc(-c2ccc(C(=O)N3CCO[C@H](C(N)=O)C3)o2)c1. The van der Waals surface area contributed by atoms with Crippen molar-refractivity contribution in [1.82, 2.24) is 4.90 Å². The summed E-state index contributed by atoms with van der Waals surface area (Å²) in [5.41, 5.74) is 7.40. The van der Waals surface area contributed by atoms with Crippen LogP contribution in [-0.4, -0.2) is 42.5 Å². The Morgan fingerprint density at radius 3 is 2.76 bits per heavy atom. The summed E-state index contributed by atoms with van der Waals surface area (Å²) in [7, 11) is 0. The van der Waals surface area contributed by atoms with Gasteiger partial charge in [-0.25, -0.2) is 0 Å². The number of carbonyl (C=O) groups excluding carboxylic acids is 2. The summed E-state index contributed by atoms with van der Waals surface area (Å²) in [6.45, 7) is 5.09. The first kappa shape index (κ1) is 17.2. The quantitative estimate of drug-likeness (QED) is 0.924. The lowest BCUT2D eigenvalue weighted by atomic mass is 10.0. The van der Waals surface area contributed by atoms with Crippen molar-refractivity contribution in [3.8, 4) is 11.3 Å². The fraction of sp³-hybridized carbons (Fsp3) is 0.368. The minimum atomic E-state index is -0.769. The van der Waals surface area contributed by atoms with E-state index in [9.17, 15) is 9.59 Å². The molecule has 2 amide bonds. The summed E-state index contributed by atoms with van der Waals surface area (Å²) in [5.74, 6) is 0.472. The molecule has 1 aliphatic heterocycles. The highest BCUT2D eigenvalue weighted by Gasteiger charge is 2.29. The molecule has 1 aromatic heterocycles. The molecular formula is C19H22N2O4. The van der Waals surface area contributed by atoms with Crippen LogP contribution in [0.1, 0.15) is 35.9 Å². The number of hydrogen-bond acceptors (Lipinski definition) is 4. The highest BCUT2D eigenvalue weighted by atomic mass is 16.5. The normalized spacial score (nSPS) is 17.7. The lowest BCUT2D eigenvalue weighted by Crippen LogP contribution is -2.50. The molecular weight excluding hydrogens is 320 g/mol. The first-order chi connectivity index (χ1) is 12.0. The fourth-order valence-corrected chi connectivity index (χ4v) is 2.82. The number of benzene rings is 1. The molecule has 0 aliphatic carbocycles. The van der Waals surface area contributed by atoms with Gasteiger partial charge in [0.1, 0.15) is 5.76 Å². The molecule has 6 heteroatoms. The summed E-state index contributed by atoms with van der Waals surface area (Å²) in [5, 5.41) is 0. The number of amides is 2. The van der Waals surface area contributed by atoms with Gasteiger partial charge in [-0.1, -0.05) is 32.0 Å². The van der Waals surface area contributed by atoms with Crippen LogP contribution in [0.5, 0.6) is 0 Å². The molecule has 1 atom stereocenters. The minimum Gasteiger partial charge on any atom is -0.451 e. The number of hydrogen-bond donors (Lipinski definition) is 1. The Kier molecular flexibility index (Phi) is 4.90. The van der Waals surface area contributed by atoms with Crippen molar-refractivity contribution in [3.63, 3.8) is 0 Å². The summed E-state index contributed by atoms with van der Waals surface area (Å²) >= 11 is 0. The lowest BCUT2D eigenvalue weighted by Gasteiger charge is -2.30. The van der Waals surface area contributed by atoms with Crippen LogP contribution in [0.25, 0.3) is 11.3 Å². The lowest BCUT2D eigenvalue weighted by molar-refractivity contribution is -0.133. The molecule has 3 rings (SSSR count). The molecule has 2 N–H and O–H groups in total. The minimum absolute atomic E-state index is 0.146. The third-order valence-electron chi connectivity index (χ3n) is 4.33. The Morgan fingerprint density at radius 2 is 2.04 bits per heavy atom. The van der Waals surface area contributed by atoms with Gasteiger partial charge in [-0.2, -0.15) is 0 Å². The molecule has 0 radical (unpaired) electrons. The number of carbonyl (C=O) groups is 2. The molecule has 1 saturated heterocycles. The zero-order valence-electron chi connectivity index (χ0n) is 14.4. The second-order valence-corrected chi connectivity index (χ2v) is 6.46. The number of nitrogens with zero attached hydrogens (tertiary/aromatic N) is 1. The van der Waals surface area contributed by atoms with E-state index >= 15 is 0 Å². The van der Waals surface area contributed by atoms with E-state index in [4.69, 9.17) is 14.9 Å². The number of ether oxygens (including phenoxy) is 1. The van der Waals surface area contributed by atoms with Crippen molar-refractivity contribution in [2.24, 2.45) is 5.73 Å². The smallest absolute Gasteiger partial charge is 0.289 e. The van der Waals surface area contributed by atoms with Gasteiger partial charge < -0.3 is 19.8 Å². The number of nitrogens with two attached hydrogens (primary N) is 1. The number of furan rings is 1. The summed E-state index contributed by atoms with van der Waals surface area (Å²) in [6.07, 6.45) is -0.769. The largest absolute Gasteiger partial charge is 0.451 e.